The topological polar surface area (TPSA) is 115 Å². The predicted octanol–water partition coefficient (Wildman–Crippen LogP) is 1.51. The minimum Gasteiger partial charge on any atom is -0.473 e. The van der Waals surface area contributed by atoms with E-state index in [9.17, 15) is 10.1 Å². The Morgan fingerprint density at radius 3 is 3.00 bits per heavy atom. The third kappa shape index (κ3) is 3.17. The monoisotopic (exact) mass is 262 g/mol. The second-order valence-corrected chi connectivity index (χ2v) is 4.58. The summed E-state index contributed by atoms with van der Waals surface area (Å²) in [5.74, 6) is 0.146. The van der Waals surface area contributed by atoms with Gasteiger partial charge in [0.1, 0.15) is 23.9 Å². The molecule has 0 aliphatic heterocycles. The molecule has 2 N–H and O–H groups in total. The lowest BCUT2D eigenvalue weighted by atomic mass is 9.93. The first-order valence-corrected chi connectivity index (χ1v) is 6.07. The van der Waals surface area contributed by atoms with E-state index in [0.717, 1.165) is 25.5 Å². The van der Waals surface area contributed by atoms with Gasteiger partial charge in [0, 0.05) is 12.1 Å². The molecule has 0 bridgehead atoms. The number of aromatic nitrogens is 1. The second kappa shape index (κ2) is 5.63. The van der Waals surface area contributed by atoms with Crippen LogP contribution in [-0.4, -0.2) is 22.1 Å². The van der Waals surface area contributed by atoms with Gasteiger partial charge in [0.15, 0.2) is 0 Å². The van der Waals surface area contributed by atoms with Gasteiger partial charge < -0.3 is 10.5 Å². The molecule has 2 atom stereocenters. The molecule has 1 aromatic rings. The molecule has 0 amide bonds. The van der Waals surface area contributed by atoms with Gasteiger partial charge in [0.05, 0.1) is 4.92 Å². The molecule has 7 heteroatoms. The number of nitrogens with two attached hydrogens (primary N) is 1. The molecule has 1 aromatic heterocycles. The zero-order valence-corrected chi connectivity index (χ0v) is 10.3. The maximum atomic E-state index is 10.6. The van der Waals surface area contributed by atoms with Gasteiger partial charge in [-0.2, -0.15) is 5.26 Å². The van der Waals surface area contributed by atoms with E-state index in [-0.39, 0.29) is 29.3 Å². The summed E-state index contributed by atoms with van der Waals surface area (Å²) >= 11 is 0. The zero-order chi connectivity index (χ0) is 13.8. The fraction of sp³-hybridized carbons (Fsp3) is 0.500. The number of nitriles is 1. The third-order valence-electron chi connectivity index (χ3n) is 3.11. The van der Waals surface area contributed by atoms with Crippen LogP contribution in [0, 0.1) is 21.4 Å². The second-order valence-electron chi connectivity index (χ2n) is 4.58. The summed E-state index contributed by atoms with van der Waals surface area (Å²) in [6, 6.07) is 3.14. The maximum Gasteiger partial charge on any atom is 0.289 e. The number of nitro groups is 1. The molecule has 0 radical (unpaired) electrons. The Balaban J connectivity index is 2.16. The lowest BCUT2D eigenvalue weighted by molar-refractivity contribution is -0.385. The van der Waals surface area contributed by atoms with E-state index in [0.29, 0.717) is 6.42 Å². The van der Waals surface area contributed by atoms with E-state index >= 15 is 0 Å². The van der Waals surface area contributed by atoms with Crippen molar-refractivity contribution in [3.8, 4) is 11.9 Å². The molecule has 0 aromatic carbocycles. The van der Waals surface area contributed by atoms with Crippen LogP contribution in [0.4, 0.5) is 5.69 Å². The first-order valence-electron chi connectivity index (χ1n) is 6.07. The highest BCUT2D eigenvalue weighted by molar-refractivity contribution is 5.45. The summed E-state index contributed by atoms with van der Waals surface area (Å²) in [6.45, 7) is 0. The highest BCUT2D eigenvalue weighted by Gasteiger charge is 2.23. The first-order chi connectivity index (χ1) is 9.10. The van der Waals surface area contributed by atoms with Gasteiger partial charge in [-0.05, 0) is 25.7 Å². The lowest BCUT2D eigenvalue weighted by Gasteiger charge is -2.26. The Morgan fingerprint density at radius 2 is 2.37 bits per heavy atom. The van der Waals surface area contributed by atoms with Crippen LogP contribution >= 0.6 is 0 Å². The number of nitrogens with zero attached hydrogens (tertiary/aromatic N) is 3. The number of pyridine rings is 1. The van der Waals surface area contributed by atoms with E-state index in [2.05, 4.69) is 4.98 Å². The normalized spacial score (nSPS) is 22.5. The van der Waals surface area contributed by atoms with E-state index in [4.69, 9.17) is 15.7 Å². The molecule has 1 fully saturated rings. The fourth-order valence-corrected chi connectivity index (χ4v) is 2.16. The van der Waals surface area contributed by atoms with E-state index < -0.39 is 4.92 Å². The minimum atomic E-state index is -0.589. The number of hydrogen-bond donors (Lipinski definition) is 1. The highest BCUT2D eigenvalue weighted by Crippen LogP contribution is 2.25. The molecule has 1 aliphatic rings. The van der Waals surface area contributed by atoms with Crippen molar-refractivity contribution in [3.63, 3.8) is 0 Å². The van der Waals surface area contributed by atoms with Gasteiger partial charge in [-0.25, -0.2) is 4.98 Å². The van der Waals surface area contributed by atoms with Crippen LogP contribution in [0.5, 0.6) is 5.88 Å². The molecule has 100 valence electrons. The fourth-order valence-electron chi connectivity index (χ4n) is 2.16. The average Bonchev–Trinajstić information content (AvgIpc) is 2.39. The standard InChI is InChI=1S/C12H14N4O3/c13-6-8-4-10(16(17)18)7-15-12(8)19-11-3-1-2-9(14)5-11/h4,7,9,11H,1-3,5,14H2. The number of hydrogen-bond acceptors (Lipinski definition) is 6. The van der Waals surface area contributed by atoms with E-state index in [1.54, 1.807) is 0 Å². The Morgan fingerprint density at radius 1 is 1.58 bits per heavy atom. The largest absolute Gasteiger partial charge is 0.473 e. The van der Waals surface area contributed by atoms with Crippen molar-refractivity contribution in [2.45, 2.75) is 37.8 Å². The minimum absolute atomic E-state index is 0.0772. The van der Waals surface area contributed by atoms with Gasteiger partial charge in [0.25, 0.3) is 5.69 Å². The summed E-state index contributed by atoms with van der Waals surface area (Å²) in [5.41, 5.74) is 5.72. The van der Waals surface area contributed by atoms with Crippen molar-refractivity contribution in [3.05, 3.63) is 27.9 Å². The van der Waals surface area contributed by atoms with Crippen LogP contribution in [0.3, 0.4) is 0 Å². The molecule has 2 rings (SSSR count). The molecular weight excluding hydrogens is 248 g/mol. The molecule has 0 saturated heterocycles. The van der Waals surface area contributed by atoms with Gasteiger partial charge in [-0.15, -0.1) is 0 Å². The van der Waals surface area contributed by atoms with Crippen LogP contribution in [0.25, 0.3) is 0 Å². The smallest absolute Gasteiger partial charge is 0.289 e. The summed E-state index contributed by atoms with van der Waals surface area (Å²) < 4.78 is 5.65. The highest BCUT2D eigenvalue weighted by atomic mass is 16.6. The quantitative estimate of drug-likeness (QED) is 0.652. The van der Waals surface area contributed by atoms with Gasteiger partial charge >= 0.3 is 0 Å². The van der Waals surface area contributed by atoms with Crippen LogP contribution in [-0.2, 0) is 0 Å². The van der Waals surface area contributed by atoms with Gasteiger partial charge in [-0.1, -0.05) is 0 Å². The van der Waals surface area contributed by atoms with Crippen LogP contribution in [0.1, 0.15) is 31.2 Å². The third-order valence-corrected chi connectivity index (χ3v) is 3.11. The molecule has 1 saturated carbocycles. The average molecular weight is 262 g/mol. The Hall–Kier alpha value is -2.20. The van der Waals surface area contributed by atoms with E-state index in [1.165, 1.54) is 6.07 Å². The lowest BCUT2D eigenvalue weighted by Crippen LogP contribution is -2.34. The summed E-state index contributed by atoms with van der Waals surface area (Å²) in [6.07, 6.45) is 4.53. The summed E-state index contributed by atoms with van der Waals surface area (Å²) in [5, 5.41) is 19.6. The Bertz CT molecular complexity index is 526. The van der Waals surface area contributed by atoms with E-state index in [1.807, 2.05) is 6.07 Å². The van der Waals surface area contributed by atoms with Crippen molar-refractivity contribution in [1.29, 1.82) is 5.26 Å². The van der Waals surface area contributed by atoms with Crippen molar-refractivity contribution in [2.75, 3.05) is 0 Å². The maximum absolute atomic E-state index is 10.6. The SMILES string of the molecule is N#Cc1cc([N+](=O)[O-])cnc1OC1CCCC(N)C1. The molecule has 19 heavy (non-hydrogen) atoms. The summed E-state index contributed by atoms with van der Waals surface area (Å²) in [4.78, 5) is 13.9. The molecule has 2 unspecified atom stereocenters. The zero-order valence-electron chi connectivity index (χ0n) is 10.3. The van der Waals surface area contributed by atoms with Crippen molar-refractivity contribution < 1.29 is 9.66 Å². The Kier molecular flexibility index (Phi) is 3.92. The van der Waals surface area contributed by atoms with Crippen molar-refractivity contribution >= 4 is 5.69 Å². The number of ether oxygens (including phenoxy) is 1. The molecule has 1 heterocycles. The Labute approximate surface area is 110 Å². The van der Waals surface area contributed by atoms with Crippen LogP contribution < -0.4 is 10.5 Å². The molecule has 0 spiro atoms. The van der Waals surface area contributed by atoms with Crippen LogP contribution in [0.15, 0.2) is 12.3 Å². The van der Waals surface area contributed by atoms with Crippen molar-refractivity contribution in [1.82, 2.24) is 4.98 Å². The first kappa shape index (κ1) is 13.2. The van der Waals surface area contributed by atoms with Crippen LogP contribution in [0.2, 0.25) is 0 Å². The van der Waals surface area contributed by atoms with Crippen molar-refractivity contribution in [2.24, 2.45) is 5.73 Å². The molecule has 7 nitrogen and oxygen atoms in total. The molecular formula is C12H14N4O3. The summed E-state index contributed by atoms with van der Waals surface area (Å²) in [7, 11) is 0. The number of rotatable bonds is 3. The predicted molar refractivity (Wildman–Crippen MR) is 66.5 cm³/mol. The van der Waals surface area contributed by atoms with Gasteiger partial charge in [-0.3, -0.25) is 10.1 Å². The molecule has 1 aliphatic carbocycles. The van der Waals surface area contributed by atoms with Gasteiger partial charge in [0.2, 0.25) is 5.88 Å².